The summed E-state index contributed by atoms with van der Waals surface area (Å²) in [5, 5.41) is 9.98. The van der Waals surface area contributed by atoms with Crippen LogP contribution in [-0.4, -0.2) is 31.9 Å². The number of thiophene rings is 1. The molecule has 194 valence electrons. The Kier molecular flexibility index (Phi) is 6.37. The fourth-order valence-corrected chi connectivity index (χ4v) is 7.77. The van der Waals surface area contributed by atoms with Gasteiger partial charge in [0.2, 0.25) is 21.8 Å². The first-order valence-corrected chi connectivity index (χ1v) is 14.9. The van der Waals surface area contributed by atoms with Crippen LogP contribution in [0.4, 0.5) is 10.7 Å². The van der Waals surface area contributed by atoms with Crippen molar-refractivity contribution in [2.75, 3.05) is 17.2 Å². The molecule has 0 aliphatic heterocycles. The van der Waals surface area contributed by atoms with Gasteiger partial charge in [0, 0.05) is 40.6 Å². The molecule has 11 heteroatoms. The van der Waals surface area contributed by atoms with Gasteiger partial charge in [0.15, 0.2) is 5.76 Å². The van der Waals surface area contributed by atoms with E-state index in [4.69, 9.17) is 4.52 Å². The van der Waals surface area contributed by atoms with E-state index in [1.165, 1.54) is 11.3 Å². The zero-order valence-corrected chi connectivity index (χ0v) is 21.8. The molecular formula is C26H28N4O5S2. The van der Waals surface area contributed by atoms with E-state index in [0.29, 0.717) is 53.7 Å². The number of aromatic nitrogens is 1. The van der Waals surface area contributed by atoms with Crippen LogP contribution in [0.25, 0.3) is 11.3 Å². The van der Waals surface area contributed by atoms with Crippen LogP contribution in [0.15, 0.2) is 45.9 Å². The van der Waals surface area contributed by atoms with E-state index in [2.05, 4.69) is 20.5 Å². The van der Waals surface area contributed by atoms with Gasteiger partial charge in [-0.25, -0.2) is 13.1 Å². The lowest BCUT2D eigenvalue weighted by molar-refractivity contribution is -0.120. The van der Waals surface area contributed by atoms with Gasteiger partial charge in [-0.3, -0.25) is 9.59 Å². The molecule has 0 saturated heterocycles. The molecule has 2 aromatic heterocycles. The quantitative estimate of drug-likeness (QED) is 0.373. The second kappa shape index (κ2) is 9.70. The van der Waals surface area contributed by atoms with Gasteiger partial charge in [0.25, 0.3) is 0 Å². The van der Waals surface area contributed by atoms with Crippen molar-refractivity contribution in [1.29, 1.82) is 0 Å². The van der Waals surface area contributed by atoms with E-state index in [1.54, 1.807) is 18.3 Å². The fraction of sp³-hybridized carbons (Fsp3) is 0.423. The second-order valence-electron chi connectivity index (χ2n) is 10.1. The Hall–Kier alpha value is -3.02. The van der Waals surface area contributed by atoms with E-state index in [0.717, 1.165) is 36.1 Å². The summed E-state index contributed by atoms with van der Waals surface area (Å²) in [6, 6.07) is 9.08. The van der Waals surface area contributed by atoms with Crippen molar-refractivity contribution in [3.63, 3.8) is 0 Å². The summed E-state index contributed by atoms with van der Waals surface area (Å²) in [6.07, 6.45) is 6.77. The summed E-state index contributed by atoms with van der Waals surface area (Å²) in [4.78, 5) is 26.9. The number of benzene rings is 1. The van der Waals surface area contributed by atoms with E-state index in [1.807, 2.05) is 18.2 Å². The van der Waals surface area contributed by atoms with Crippen molar-refractivity contribution in [2.24, 2.45) is 17.8 Å². The second-order valence-corrected chi connectivity index (χ2v) is 12.9. The minimum absolute atomic E-state index is 0.0413. The van der Waals surface area contributed by atoms with Crippen LogP contribution in [-0.2, 0) is 32.5 Å². The molecule has 2 fully saturated rings. The summed E-state index contributed by atoms with van der Waals surface area (Å²) >= 11 is 1.33. The van der Waals surface area contributed by atoms with Crippen LogP contribution in [0, 0.1) is 17.8 Å². The number of anilines is 2. The number of carbonyl (C=O) groups excluding carboxylic acids is 2. The Morgan fingerprint density at radius 3 is 2.57 bits per heavy atom. The molecule has 3 aromatic rings. The lowest BCUT2D eigenvalue weighted by Gasteiger charge is -2.22. The summed E-state index contributed by atoms with van der Waals surface area (Å²) in [6.45, 7) is 0.397. The predicted octanol–water partition coefficient (Wildman–Crippen LogP) is 4.18. The average Bonchev–Trinajstić information content (AvgIpc) is 3.81. The van der Waals surface area contributed by atoms with Crippen molar-refractivity contribution in [3.05, 3.63) is 47.0 Å². The van der Waals surface area contributed by atoms with Crippen molar-refractivity contribution in [2.45, 2.75) is 49.8 Å². The maximum absolute atomic E-state index is 13.4. The standard InChI is InChI=1S/C26H28N4O5S2/c31-24(16-6-7-16)30-26-23(37(33,34)28-14-15-4-5-15)20-13-18(8-9-22(20)36-26)25(32)29-19-3-1-2-17(12-19)21-10-11-27-35-21/h1-3,10-12,15-16,18,28H,4-9,13-14H2,(H,29,32)(H,30,31). The topological polar surface area (TPSA) is 130 Å². The van der Waals surface area contributed by atoms with Gasteiger partial charge < -0.3 is 15.2 Å². The first-order valence-electron chi connectivity index (χ1n) is 12.6. The van der Waals surface area contributed by atoms with E-state index < -0.39 is 10.0 Å². The Bertz CT molecular complexity index is 1440. The third-order valence-electron chi connectivity index (χ3n) is 7.15. The summed E-state index contributed by atoms with van der Waals surface area (Å²) in [5.74, 6) is 0.259. The molecule has 9 nitrogen and oxygen atoms in total. The zero-order chi connectivity index (χ0) is 25.6. The third kappa shape index (κ3) is 5.34. The number of rotatable bonds is 9. The number of nitrogens with zero attached hydrogens (tertiary/aromatic N) is 1. The smallest absolute Gasteiger partial charge is 0.243 e. The minimum Gasteiger partial charge on any atom is -0.356 e. The highest BCUT2D eigenvalue weighted by Crippen LogP contribution is 2.44. The Balaban J connectivity index is 1.24. The zero-order valence-electron chi connectivity index (χ0n) is 20.2. The van der Waals surface area contributed by atoms with Crippen LogP contribution in [0.5, 0.6) is 0 Å². The lowest BCUT2D eigenvalue weighted by atomic mass is 9.87. The normalized spacial score (nSPS) is 19.3. The molecule has 37 heavy (non-hydrogen) atoms. The molecule has 2 heterocycles. The van der Waals surface area contributed by atoms with Gasteiger partial charge in [0.1, 0.15) is 9.90 Å². The third-order valence-corrected chi connectivity index (χ3v) is 10.0. The Labute approximate surface area is 219 Å². The Morgan fingerprint density at radius 2 is 1.84 bits per heavy atom. The molecule has 0 radical (unpaired) electrons. The predicted molar refractivity (Wildman–Crippen MR) is 140 cm³/mol. The molecule has 1 aromatic carbocycles. The number of sulfonamides is 1. The molecule has 1 atom stereocenters. The molecule has 6 rings (SSSR count). The number of amides is 2. The van der Waals surface area contributed by atoms with Crippen LogP contribution in [0.1, 0.15) is 42.5 Å². The first kappa shape index (κ1) is 24.3. The average molecular weight is 541 g/mol. The van der Waals surface area contributed by atoms with Crippen molar-refractivity contribution < 1.29 is 22.5 Å². The van der Waals surface area contributed by atoms with E-state index in [-0.39, 0.29) is 28.5 Å². The highest BCUT2D eigenvalue weighted by molar-refractivity contribution is 7.90. The van der Waals surface area contributed by atoms with E-state index >= 15 is 0 Å². The number of carbonyl (C=O) groups is 2. The van der Waals surface area contributed by atoms with Crippen molar-refractivity contribution in [3.8, 4) is 11.3 Å². The van der Waals surface area contributed by atoms with Crippen LogP contribution < -0.4 is 15.4 Å². The number of fused-ring (bicyclic) bond motifs is 1. The fourth-order valence-electron chi connectivity index (χ4n) is 4.69. The van der Waals surface area contributed by atoms with Gasteiger partial charge >= 0.3 is 0 Å². The summed E-state index contributed by atoms with van der Waals surface area (Å²) in [7, 11) is -3.84. The highest BCUT2D eigenvalue weighted by atomic mass is 32.2. The molecular weight excluding hydrogens is 512 g/mol. The molecule has 2 amide bonds. The largest absolute Gasteiger partial charge is 0.356 e. The first-order chi connectivity index (χ1) is 17.9. The van der Waals surface area contributed by atoms with Gasteiger partial charge in [-0.15, -0.1) is 11.3 Å². The molecule has 2 saturated carbocycles. The summed E-state index contributed by atoms with van der Waals surface area (Å²) < 4.78 is 34.8. The molecule has 3 aliphatic carbocycles. The highest BCUT2D eigenvalue weighted by Gasteiger charge is 2.37. The summed E-state index contributed by atoms with van der Waals surface area (Å²) in [5.41, 5.74) is 2.08. The number of hydrogen-bond donors (Lipinski definition) is 3. The molecule has 0 bridgehead atoms. The van der Waals surface area contributed by atoms with Gasteiger partial charge in [0.05, 0.1) is 6.20 Å². The molecule has 0 spiro atoms. The number of nitrogens with one attached hydrogen (secondary N) is 3. The van der Waals surface area contributed by atoms with Gasteiger partial charge in [-0.2, -0.15) is 0 Å². The van der Waals surface area contributed by atoms with Gasteiger partial charge in [-0.05, 0) is 68.6 Å². The molecule has 3 N–H and O–H groups in total. The van der Waals surface area contributed by atoms with Crippen LogP contribution in [0.2, 0.25) is 0 Å². The Morgan fingerprint density at radius 1 is 1.03 bits per heavy atom. The molecule has 1 unspecified atom stereocenters. The number of hydrogen-bond acceptors (Lipinski definition) is 7. The van der Waals surface area contributed by atoms with Crippen molar-refractivity contribution in [1.82, 2.24) is 9.88 Å². The maximum Gasteiger partial charge on any atom is 0.243 e. The maximum atomic E-state index is 13.4. The SMILES string of the molecule is O=C(Nc1cccc(-c2ccno2)c1)C1CCc2sc(NC(=O)C3CC3)c(S(=O)(=O)NCC3CC3)c2C1. The van der Waals surface area contributed by atoms with Crippen LogP contribution >= 0.6 is 11.3 Å². The van der Waals surface area contributed by atoms with Gasteiger partial charge in [-0.1, -0.05) is 17.3 Å². The number of aryl methyl sites for hydroxylation is 1. The van der Waals surface area contributed by atoms with Crippen LogP contribution in [0.3, 0.4) is 0 Å². The lowest BCUT2D eigenvalue weighted by Crippen LogP contribution is -2.31. The van der Waals surface area contributed by atoms with Crippen molar-refractivity contribution >= 4 is 43.9 Å². The molecule has 3 aliphatic rings. The minimum atomic E-state index is -3.84. The monoisotopic (exact) mass is 540 g/mol. The van der Waals surface area contributed by atoms with E-state index in [9.17, 15) is 18.0 Å².